The number of hydrogen-bond donors (Lipinski definition) is 0. The van der Waals surface area contributed by atoms with Crippen LogP contribution in [0.15, 0.2) is 53.0 Å². The fraction of sp³-hybridized carbons (Fsp3) is 0.278. The van der Waals surface area contributed by atoms with E-state index in [9.17, 15) is 4.79 Å². The molecule has 0 radical (unpaired) electrons. The fourth-order valence-electron chi connectivity index (χ4n) is 2.90. The molecule has 0 aliphatic carbocycles. The third-order valence-electron chi connectivity index (χ3n) is 3.96. The number of carbonyl (C=O) groups is 1. The first-order valence-corrected chi connectivity index (χ1v) is 8.74. The second-order valence-electron chi connectivity index (χ2n) is 5.59. The van der Waals surface area contributed by atoms with Crippen LogP contribution in [0.3, 0.4) is 0 Å². The third kappa shape index (κ3) is 4.06. The number of benzene rings is 2. The molecule has 3 rings (SSSR count). The minimum atomic E-state index is -0.271. The summed E-state index contributed by atoms with van der Waals surface area (Å²) in [6.45, 7) is 1.00. The van der Waals surface area contributed by atoms with Gasteiger partial charge < -0.3 is 9.64 Å². The van der Waals surface area contributed by atoms with Gasteiger partial charge >= 0.3 is 6.09 Å². The molecule has 1 amide bonds. The second-order valence-corrected chi connectivity index (χ2v) is 6.95. The van der Waals surface area contributed by atoms with Crippen molar-refractivity contribution in [2.45, 2.75) is 25.5 Å². The number of amides is 1. The zero-order valence-electron chi connectivity index (χ0n) is 12.5. The first-order valence-electron chi connectivity index (χ1n) is 7.57. The molecule has 2 aromatic carbocycles. The van der Waals surface area contributed by atoms with Crippen LogP contribution in [0.5, 0.6) is 0 Å². The minimum absolute atomic E-state index is 0.0215. The number of likely N-dealkylation sites (tertiary alicyclic amines) is 1. The van der Waals surface area contributed by atoms with Gasteiger partial charge in [0.25, 0.3) is 0 Å². The molecule has 2 aromatic rings. The van der Waals surface area contributed by atoms with Crippen molar-refractivity contribution < 1.29 is 9.53 Å². The van der Waals surface area contributed by atoms with E-state index in [2.05, 4.69) is 15.9 Å². The zero-order valence-corrected chi connectivity index (χ0v) is 14.9. The number of hydrogen-bond acceptors (Lipinski definition) is 2. The normalized spacial score (nSPS) is 17.3. The molecule has 0 bridgehead atoms. The summed E-state index contributed by atoms with van der Waals surface area (Å²) in [6, 6.07) is 15.5. The molecular weight excluding hydrogens is 378 g/mol. The Morgan fingerprint density at radius 3 is 2.78 bits per heavy atom. The summed E-state index contributed by atoms with van der Waals surface area (Å²) in [4.78, 5) is 14.2. The Labute approximate surface area is 149 Å². The lowest BCUT2D eigenvalue weighted by molar-refractivity contribution is 0.0920. The van der Waals surface area contributed by atoms with Crippen molar-refractivity contribution >= 4 is 33.6 Å². The fourth-order valence-corrected chi connectivity index (χ4v) is 3.79. The Hall–Kier alpha value is -1.52. The first-order chi connectivity index (χ1) is 11.1. The Morgan fingerprint density at radius 2 is 2.04 bits per heavy atom. The summed E-state index contributed by atoms with van der Waals surface area (Å²) in [5.74, 6) is 0. The minimum Gasteiger partial charge on any atom is -0.445 e. The molecule has 0 aromatic heterocycles. The SMILES string of the molecule is O=C(OCc1ccccc1)N1CCCC1c1cc(Cl)cc(Br)c1. The smallest absolute Gasteiger partial charge is 0.410 e. The van der Waals surface area contributed by atoms with E-state index in [0.29, 0.717) is 18.2 Å². The van der Waals surface area contributed by atoms with Crippen molar-refractivity contribution in [2.24, 2.45) is 0 Å². The zero-order chi connectivity index (χ0) is 16.2. The van der Waals surface area contributed by atoms with Gasteiger partial charge in [0.1, 0.15) is 6.61 Å². The predicted molar refractivity (Wildman–Crippen MR) is 94.5 cm³/mol. The summed E-state index contributed by atoms with van der Waals surface area (Å²) >= 11 is 9.59. The summed E-state index contributed by atoms with van der Waals surface area (Å²) in [6.07, 6.45) is 1.62. The highest BCUT2D eigenvalue weighted by atomic mass is 79.9. The molecule has 1 fully saturated rings. The molecule has 1 atom stereocenters. The van der Waals surface area contributed by atoms with Crippen LogP contribution < -0.4 is 0 Å². The highest BCUT2D eigenvalue weighted by molar-refractivity contribution is 9.10. The molecule has 3 nitrogen and oxygen atoms in total. The molecule has 0 N–H and O–H groups in total. The first kappa shape index (κ1) is 16.3. The van der Waals surface area contributed by atoms with Crippen LogP contribution in [0.1, 0.15) is 30.0 Å². The van der Waals surface area contributed by atoms with Gasteiger partial charge in [-0.15, -0.1) is 0 Å². The maximum atomic E-state index is 12.4. The molecule has 0 spiro atoms. The van der Waals surface area contributed by atoms with Crippen molar-refractivity contribution in [2.75, 3.05) is 6.54 Å². The molecular formula is C18H17BrClNO2. The Bertz CT molecular complexity index is 672. The lowest BCUT2D eigenvalue weighted by Crippen LogP contribution is -2.31. The van der Waals surface area contributed by atoms with Crippen LogP contribution in [0.4, 0.5) is 4.79 Å². The lowest BCUT2D eigenvalue weighted by Gasteiger charge is -2.24. The lowest BCUT2D eigenvalue weighted by atomic mass is 10.1. The molecule has 1 aliphatic heterocycles. The Balaban J connectivity index is 1.69. The van der Waals surface area contributed by atoms with Gasteiger partial charge in [0.15, 0.2) is 0 Å². The Morgan fingerprint density at radius 1 is 1.26 bits per heavy atom. The summed E-state index contributed by atoms with van der Waals surface area (Å²) < 4.78 is 6.39. The number of rotatable bonds is 3. The summed E-state index contributed by atoms with van der Waals surface area (Å²) in [7, 11) is 0. The molecule has 23 heavy (non-hydrogen) atoms. The van der Waals surface area contributed by atoms with E-state index >= 15 is 0 Å². The van der Waals surface area contributed by atoms with Crippen LogP contribution >= 0.6 is 27.5 Å². The third-order valence-corrected chi connectivity index (χ3v) is 4.64. The van der Waals surface area contributed by atoms with E-state index in [1.165, 1.54) is 0 Å². The van der Waals surface area contributed by atoms with Gasteiger partial charge in [-0.05, 0) is 42.2 Å². The number of ether oxygens (including phenoxy) is 1. The monoisotopic (exact) mass is 393 g/mol. The molecule has 1 aliphatic rings. The van der Waals surface area contributed by atoms with Gasteiger partial charge in [-0.2, -0.15) is 0 Å². The molecule has 1 heterocycles. The van der Waals surface area contributed by atoms with Crippen LogP contribution in [-0.2, 0) is 11.3 Å². The van der Waals surface area contributed by atoms with E-state index in [-0.39, 0.29) is 12.1 Å². The van der Waals surface area contributed by atoms with Crippen molar-refractivity contribution in [3.05, 3.63) is 69.2 Å². The van der Waals surface area contributed by atoms with Gasteiger partial charge in [-0.1, -0.05) is 57.9 Å². The van der Waals surface area contributed by atoms with Gasteiger partial charge in [0.05, 0.1) is 6.04 Å². The van der Waals surface area contributed by atoms with E-state index in [4.69, 9.17) is 16.3 Å². The van der Waals surface area contributed by atoms with Crippen LogP contribution in [0, 0.1) is 0 Å². The largest absolute Gasteiger partial charge is 0.445 e. The maximum absolute atomic E-state index is 12.4. The summed E-state index contributed by atoms with van der Waals surface area (Å²) in [5, 5.41) is 0.666. The molecule has 1 unspecified atom stereocenters. The number of nitrogens with zero attached hydrogens (tertiary/aromatic N) is 1. The molecule has 5 heteroatoms. The maximum Gasteiger partial charge on any atom is 0.410 e. The van der Waals surface area contributed by atoms with Crippen LogP contribution in [0.25, 0.3) is 0 Å². The Kier molecular flexibility index (Phi) is 5.23. The molecule has 0 saturated carbocycles. The highest BCUT2D eigenvalue weighted by Crippen LogP contribution is 2.35. The summed E-state index contributed by atoms with van der Waals surface area (Å²) in [5.41, 5.74) is 2.03. The van der Waals surface area contributed by atoms with Crippen molar-refractivity contribution in [1.82, 2.24) is 4.90 Å². The average Bonchev–Trinajstić information content (AvgIpc) is 3.02. The standard InChI is InChI=1S/C18H17BrClNO2/c19-15-9-14(10-16(20)11-15)17-7-4-8-21(17)18(22)23-12-13-5-2-1-3-6-13/h1-3,5-6,9-11,17H,4,7-8,12H2. The van der Waals surface area contributed by atoms with E-state index in [0.717, 1.165) is 28.4 Å². The van der Waals surface area contributed by atoms with Gasteiger partial charge in [0.2, 0.25) is 0 Å². The molecule has 120 valence electrons. The quantitative estimate of drug-likeness (QED) is 0.680. The van der Waals surface area contributed by atoms with Gasteiger partial charge in [-0.25, -0.2) is 4.79 Å². The second kappa shape index (κ2) is 7.37. The number of carbonyl (C=O) groups excluding carboxylic acids is 1. The van der Waals surface area contributed by atoms with E-state index < -0.39 is 0 Å². The molecule has 1 saturated heterocycles. The van der Waals surface area contributed by atoms with Crippen molar-refractivity contribution in [3.8, 4) is 0 Å². The predicted octanol–water partition coefficient (Wildman–Crippen LogP) is 5.58. The van der Waals surface area contributed by atoms with E-state index in [1.807, 2.05) is 48.5 Å². The highest BCUT2D eigenvalue weighted by Gasteiger charge is 2.31. The average molecular weight is 395 g/mol. The number of halogens is 2. The van der Waals surface area contributed by atoms with Crippen LogP contribution in [-0.4, -0.2) is 17.5 Å². The van der Waals surface area contributed by atoms with E-state index in [1.54, 1.807) is 4.90 Å². The van der Waals surface area contributed by atoms with Crippen LogP contribution in [0.2, 0.25) is 5.02 Å². The van der Waals surface area contributed by atoms with Gasteiger partial charge in [0, 0.05) is 16.0 Å². The van der Waals surface area contributed by atoms with Crippen molar-refractivity contribution in [1.29, 1.82) is 0 Å². The van der Waals surface area contributed by atoms with Crippen molar-refractivity contribution in [3.63, 3.8) is 0 Å². The topological polar surface area (TPSA) is 29.5 Å². The van der Waals surface area contributed by atoms with Gasteiger partial charge in [-0.3, -0.25) is 0 Å².